The highest BCUT2D eigenvalue weighted by atomic mass is 16.5. The fourth-order valence-corrected chi connectivity index (χ4v) is 1.86. The maximum atomic E-state index is 9.43. The summed E-state index contributed by atoms with van der Waals surface area (Å²) >= 11 is 0. The van der Waals surface area contributed by atoms with Crippen LogP contribution in [0, 0.1) is 5.41 Å². The number of hydrogen-bond donors (Lipinski definition) is 3. The summed E-state index contributed by atoms with van der Waals surface area (Å²) in [5, 5.41) is 20.3. The third-order valence-electron chi connectivity index (χ3n) is 2.92. The Balaban J connectivity index is 2.04. The molecule has 0 spiro atoms. The Bertz CT molecular complexity index is 843. The molecular weight excluding hydrogens is 272 g/mol. The van der Waals surface area contributed by atoms with Crippen molar-refractivity contribution in [3.8, 4) is 5.75 Å². The third-order valence-corrected chi connectivity index (χ3v) is 2.92. The van der Waals surface area contributed by atoms with Crippen LogP contribution in [0.25, 0.3) is 11.0 Å². The van der Waals surface area contributed by atoms with E-state index in [1.165, 1.54) is 6.33 Å². The van der Waals surface area contributed by atoms with Gasteiger partial charge >= 0.3 is 0 Å². The van der Waals surface area contributed by atoms with Crippen molar-refractivity contribution >= 4 is 22.5 Å². The van der Waals surface area contributed by atoms with Gasteiger partial charge in [-0.15, -0.1) is 0 Å². The second-order valence-electron chi connectivity index (χ2n) is 4.21. The van der Waals surface area contributed by atoms with Gasteiger partial charge in [-0.1, -0.05) is 0 Å². The molecule has 0 radical (unpaired) electrons. The Hall–Kier alpha value is -3.16. The number of hydrogen-bond acceptors (Lipinski definition) is 7. The molecule has 21 heavy (non-hydrogen) atoms. The highest BCUT2D eigenvalue weighted by Gasteiger charge is 2.08. The topological polar surface area (TPSA) is 109 Å². The number of anilines is 2. The molecule has 0 bridgehead atoms. The predicted octanol–water partition coefficient (Wildman–Crippen LogP) is 1.30. The van der Waals surface area contributed by atoms with Crippen molar-refractivity contribution in [2.45, 2.75) is 0 Å². The van der Waals surface area contributed by atoms with E-state index in [9.17, 15) is 5.21 Å². The first kappa shape index (κ1) is 12.9. The molecule has 8 nitrogen and oxygen atoms in total. The molecular formula is C13H12N6O2. The Labute approximate surface area is 119 Å². The first-order valence-corrected chi connectivity index (χ1v) is 6.06. The van der Waals surface area contributed by atoms with Crippen LogP contribution >= 0.6 is 0 Å². The smallest absolute Gasteiger partial charge is 0.190 e. The van der Waals surface area contributed by atoms with Crippen LogP contribution in [0.5, 0.6) is 5.75 Å². The number of nitrogens with zero attached hydrogens (tertiary/aromatic N) is 4. The lowest BCUT2D eigenvalue weighted by Gasteiger charge is -2.08. The van der Waals surface area contributed by atoms with E-state index < -0.39 is 0 Å². The van der Waals surface area contributed by atoms with Gasteiger partial charge in [0.15, 0.2) is 11.3 Å². The van der Waals surface area contributed by atoms with E-state index in [1.54, 1.807) is 7.11 Å². The summed E-state index contributed by atoms with van der Waals surface area (Å²) in [5.74, 6) is 1.21. The van der Waals surface area contributed by atoms with Crippen molar-refractivity contribution in [3.63, 3.8) is 0 Å². The number of aromatic nitrogens is 4. The second-order valence-corrected chi connectivity index (χ2v) is 4.21. The largest absolute Gasteiger partial charge is 0.497 e. The molecule has 2 heterocycles. The summed E-state index contributed by atoms with van der Waals surface area (Å²) in [6.45, 7) is 0. The fourth-order valence-electron chi connectivity index (χ4n) is 1.86. The van der Waals surface area contributed by atoms with Crippen LogP contribution in [0.3, 0.4) is 0 Å². The molecule has 106 valence electrons. The third kappa shape index (κ3) is 2.34. The highest BCUT2D eigenvalue weighted by molar-refractivity contribution is 5.85. The van der Waals surface area contributed by atoms with E-state index in [0.717, 1.165) is 17.8 Å². The summed E-state index contributed by atoms with van der Waals surface area (Å²) in [6, 6.07) is 7.31. The van der Waals surface area contributed by atoms with Gasteiger partial charge in [0, 0.05) is 5.69 Å². The molecule has 1 aromatic carbocycles. The molecule has 8 heteroatoms. The molecule has 0 atom stereocenters. The van der Waals surface area contributed by atoms with E-state index in [4.69, 9.17) is 10.1 Å². The van der Waals surface area contributed by atoms with Gasteiger partial charge in [0.1, 0.15) is 29.4 Å². The quantitative estimate of drug-likeness (QED) is 0.625. The number of ether oxygens (including phenoxy) is 1. The lowest BCUT2D eigenvalue weighted by Crippen LogP contribution is -2.19. The normalized spacial score (nSPS) is 10.5. The van der Waals surface area contributed by atoms with Crippen molar-refractivity contribution in [2.75, 3.05) is 12.4 Å². The van der Waals surface area contributed by atoms with Gasteiger partial charge in [-0.3, -0.25) is 5.41 Å². The summed E-state index contributed by atoms with van der Waals surface area (Å²) < 4.78 is 5.70. The minimum Gasteiger partial charge on any atom is -0.497 e. The van der Waals surface area contributed by atoms with Gasteiger partial charge in [0.2, 0.25) is 0 Å². The maximum absolute atomic E-state index is 9.43. The van der Waals surface area contributed by atoms with Crippen LogP contribution in [0.2, 0.25) is 0 Å². The molecule has 3 aromatic rings. The molecule has 0 amide bonds. The Morgan fingerprint density at radius 2 is 1.90 bits per heavy atom. The summed E-state index contributed by atoms with van der Waals surface area (Å²) in [5.41, 5.74) is 1.31. The molecule has 0 aliphatic heterocycles. The van der Waals surface area contributed by atoms with Gasteiger partial charge < -0.3 is 15.3 Å². The Morgan fingerprint density at radius 3 is 2.62 bits per heavy atom. The average molecular weight is 284 g/mol. The fraction of sp³-hybridized carbons (Fsp3) is 0.0769. The van der Waals surface area contributed by atoms with Gasteiger partial charge in [-0.25, -0.2) is 15.0 Å². The molecule has 0 unspecified atom stereocenters. The van der Waals surface area contributed by atoms with Crippen LogP contribution in [0.4, 0.5) is 11.5 Å². The van der Waals surface area contributed by atoms with Gasteiger partial charge in [0.25, 0.3) is 0 Å². The van der Waals surface area contributed by atoms with Crippen LogP contribution in [0.1, 0.15) is 0 Å². The zero-order valence-electron chi connectivity index (χ0n) is 11.1. The van der Waals surface area contributed by atoms with Gasteiger partial charge in [0.05, 0.1) is 7.11 Å². The predicted molar refractivity (Wildman–Crippen MR) is 74.6 cm³/mol. The molecule has 2 aromatic heterocycles. The minimum atomic E-state index is -0.153. The molecule has 0 saturated heterocycles. The van der Waals surface area contributed by atoms with E-state index in [-0.39, 0.29) is 11.0 Å². The molecule has 3 N–H and O–H groups in total. The molecule has 0 aliphatic rings. The SMILES string of the molecule is COc1ccc(Nc2ncnc3c(=N)n(O)cnc23)cc1. The van der Waals surface area contributed by atoms with Crippen molar-refractivity contribution in [2.24, 2.45) is 0 Å². The lowest BCUT2D eigenvalue weighted by molar-refractivity contribution is 0.168. The minimum absolute atomic E-state index is 0.153. The Kier molecular flexibility index (Phi) is 3.11. The van der Waals surface area contributed by atoms with E-state index in [0.29, 0.717) is 16.1 Å². The van der Waals surface area contributed by atoms with E-state index in [2.05, 4.69) is 20.3 Å². The first-order chi connectivity index (χ1) is 10.2. The molecule has 0 saturated carbocycles. The lowest BCUT2D eigenvalue weighted by atomic mass is 10.3. The summed E-state index contributed by atoms with van der Waals surface area (Å²) in [6.07, 6.45) is 2.45. The van der Waals surface area contributed by atoms with Crippen molar-refractivity contribution in [1.29, 1.82) is 5.41 Å². The van der Waals surface area contributed by atoms with Crippen molar-refractivity contribution in [1.82, 2.24) is 19.7 Å². The molecule has 3 rings (SSSR count). The van der Waals surface area contributed by atoms with Crippen molar-refractivity contribution < 1.29 is 9.94 Å². The standard InChI is InChI=1S/C13H12N6O2/c1-21-9-4-2-8(3-5-9)18-13-11-10(15-6-16-13)12(14)19(20)7-17-11/h2-7,14,20H,1H3,(H,15,16,18). The average Bonchev–Trinajstić information content (AvgIpc) is 2.52. The zero-order chi connectivity index (χ0) is 14.8. The zero-order valence-corrected chi connectivity index (χ0v) is 11.1. The second kappa shape index (κ2) is 5.08. The number of methoxy groups -OCH3 is 1. The maximum Gasteiger partial charge on any atom is 0.190 e. The number of rotatable bonds is 3. The van der Waals surface area contributed by atoms with E-state index >= 15 is 0 Å². The van der Waals surface area contributed by atoms with Crippen LogP contribution < -0.4 is 15.5 Å². The molecule has 0 aliphatic carbocycles. The monoisotopic (exact) mass is 284 g/mol. The first-order valence-electron chi connectivity index (χ1n) is 6.06. The number of benzene rings is 1. The van der Waals surface area contributed by atoms with Gasteiger partial charge in [-0.2, -0.15) is 4.73 Å². The van der Waals surface area contributed by atoms with E-state index in [1.807, 2.05) is 24.3 Å². The van der Waals surface area contributed by atoms with Gasteiger partial charge in [-0.05, 0) is 24.3 Å². The summed E-state index contributed by atoms with van der Waals surface area (Å²) in [4.78, 5) is 12.1. The van der Waals surface area contributed by atoms with Crippen LogP contribution in [-0.4, -0.2) is 32.0 Å². The highest BCUT2D eigenvalue weighted by Crippen LogP contribution is 2.21. The molecule has 0 fully saturated rings. The van der Waals surface area contributed by atoms with Crippen LogP contribution in [-0.2, 0) is 0 Å². The van der Waals surface area contributed by atoms with Crippen molar-refractivity contribution in [3.05, 3.63) is 42.4 Å². The number of nitrogens with one attached hydrogen (secondary N) is 2. The summed E-state index contributed by atoms with van der Waals surface area (Å²) in [7, 11) is 1.60. The number of fused-ring (bicyclic) bond motifs is 1. The van der Waals surface area contributed by atoms with Crippen LogP contribution in [0.15, 0.2) is 36.9 Å². The Morgan fingerprint density at radius 1 is 1.14 bits per heavy atom.